The first-order valence-corrected chi connectivity index (χ1v) is 4.26. The Morgan fingerprint density at radius 3 is 2.79 bits per heavy atom. The number of phenols is 1. The third-order valence-corrected chi connectivity index (χ3v) is 1.74. The van der Waals surface area contributed by atoms with Gasteiger partial charge < -0.3 is 9.84 Å². The van der Waals surface area contributed by atoms with Gasteiger partial charge in [-0.25, -0.2) is 0 Å². The van der Waals surface area contributed by atoms with Crippen molar-refractivity contribution < 1.29 is 14.6 Å². The number of hydrogen-bond acceptors (Lipinski definition) is 3. The average Bonchev–Trinajstić information content (AvgIpc) is 2.15. The van der Waals surface area contributed by atoms with Crippen molar-refractivity contribution in [2.75, 3.05) is 7.11 Å². The van der Waals surface area contributed by atoms with Crippen LogP contribution in [0, 0.1) is 0 Å². The zero-order chi connectivity index (χ0) is 10.6. The van der Waals surface area contributed by atoms with Crippen LogP contribution in [0.3, 0.4) is 0 Å². The Labute approximate surface area is 86.6 Å². The van der Waals surface area contributed by atoms with Crippen molar-refractivity contribution in [2.45, 2.75) is 0 Å². The number of methoxy groups -OCH3 is 1. The van der Waals surface area contributed by atoms with Crippen LogP contribution in [-0.2, 0) is 4.79 Å². The lowest BCUT2D eigenvalue weighted by molar-refractivity contribution is -0.107. The molecule has 74 valence electrons. The number of halogens is 1. The molecular formula is C10H9ClO3. The van der Waals surface area contributed by atoms with Crippen molar-refractivity contribution >= 4 is 22.9 Å². The number of ether oxygens (including phenoxy) is 1. The van der Waals surface area contributed by atoms with Gasteiger partial charge in [0.1, 0.15) is 0 Å². The van der Waals surface area contributed by atoms with Gasteiger partial charge in [-0.1, -0.05) is 12.1 Å². The Morgan fingerprint density at radius 2 is 2.29 bits per heavy atom. The second kappa shape index (κ2) is 4.67. The van der Waals surface area contributed by atoms with Crippen LogP contribution < -0.4 is 4.74 Å². The molecule has 0 aromatic heterocycles. The van der Waals surface area contributed by atoms with E-state index in [1.165, 1.54) is 25.3 Å². The molecule has 0 aliphatic carbocycles. The van der Waals surface area contributed by atoms with Gasteiger partial charge in [0.2, 0.25) is 5.24 Å². The van der Waals surface area contributed by atoms with E-state index >= 15 is 0 Å². The lowest BCUT2D eigenvalue weighted by atomic mass is 10.2. The van der Waals surface area contributed by atoms with Gasteiger partial charge in [0.15, 0.2) is 11.5 Å². The topological polar surface area (TPSA) is 46.5 Å². The Hall–Kier alpha value is -1.48. The summed E-state index contributed by atoms with van der Waals surface area (Å²) < 4.78 is 4.86. The van der Waals surface area contributed by atoms with E-state index < -0.39 is 5.24 Å². The zero-order valence-corrected chi connectivity index (χ0v) is 8.28. The molecule has 4 heteroatoms. The summed E-state index contributed by atoms with van der Waals surface area (Å²) in [6, 6.07) is 4.79. The summed E-state index contributed by atoms with van der Waals surface area (Å²) in [5, 5.41) is 8.82. The van der Waals surface area contributed by atoms with Gasteiger partial charge >= 0.3 is 0 Å². The monoisotopic (exact) mass is 212 g/mol. The summed E-state index contributed by atoms with van der Waals surface area (Å²) in [7, 11) is 1.47. The molecule has 0 atom stereocenters. The summed E-state index contributed by atoms with van der Waals surface area (Å²) in [6.45, 7) is 0. The summed E-state index contributed by atoms with van der Waals surface area (Å²) >= 11 is 5.11. The summed E-state index contributed by atoms with van der Waals surface area (Å²) in [5.41, 5.74) is 0.678. The first kappa shape index (κ1) is 10.6. The largest absolute Gasteiger partial charge is 0.504 e. The maximum absolute atomic E-state index is 10.4. The van der Waals surface area contributed by atoms with E-state index in [1.807, 2.05) is 0 Å². The van der Waals surface area contributed by atoms with Crippen molar-refractivity contribution in [3.05, 3.63) is 29.8 Å². The number of carbonyl (C=O) groups is 1. The van der Waals surface area contributed by atoms with E-state index in [0.29, 0.717) is 11.3 Å². The minimum atomic E-state index is -0.555. The molecule has 0 spiro atoms. The molecule has 14 heavy (non-hydrogen) atoms. The Bertz CT molecular complexity index is 372. The third-order valence-electron chi connectivity index (χ3n) is 1.61. The maximum atomic E-state index is 10.4. The van der Waals surface area contributed by atoms with E-state index in [2.05, 4.69) is 0 Å². The fourth-order valence-electron chi connectivity index (χ4n) is 0.972. The molecule has 0 aliphatic heterocycles. The van der Waals surface area contributed by atoms with E-state index in [4.69, 9.17) is 16.3 Å². The number of carbonyl (C=O) groups excluding carboxylic acids is 1. The van der Waals surface area contributed by atoms with Crippen molar-refractivity contribution in [1.82, 2.24) is 0 Å². The van der Waals surface area contributed by atoms with Gasteiger partial charge in [0.05, 0.1) is 7.11 Å². The van der Waals surface area contributed by atoms with Crippen molar-refractivity contribution in [3.8, 4) is 11.5 Å². The van der Waals surface area contributed by atoms with E-state index in [9.17, 15) is 9.90 Å². The van der Waals surface area contributed by atoms with Crippen LogP contribution in [0.1, 0.15) is 5.56 Å². The van der Waals surface area contributed by atoms with Crippen LogP contribution >= 0.6 is 11.6 Å². The second-order valence-corrected chi connectivity index (χ2v) is 2.94. The fourth-order valence-corrected chi connectivity index (χ4v) is 1.04. The van der Waals surface area contributed by atoms with Crippen molar-refractivity contribution in [1.29, 1.82) is 0 Å². The standard InChI is InChI=1S/C10H9ClO3/c1-14-9-4-2-7(6-8(9)12)3-5-10(11)13/h2-6,12H,1H3/b5-3+. The Balaban J connectivity index is 2.91. The molecule has 1 aromatic carbocycles. The highest BCUT2D eigenvalue weighted by Gasteiger charge is 2.00. The molecule has 1 aromatic rings. The van der Waals surface area contributed by atoms with Crippen LogP contribution in [0.5, 0.6) is 11.5 Å². The molecule has 0 unspecified atom stereocenters. The highest BCUT2D eigenvalue weighted by atomic mass is 35.5. The lowest BCUT2D eigenvalue weighted by Crippen LogP contribution is -1.84. The quantitative estimate of drug-likeness (QED) is 0.617. The number of aromatic hydroxyl groups is 1. The molecular weight excluding hydrogens is 204 g/mol. The maximum Gasteiger partial charge on any atom is 0.245 e. The second-order valence-electron chi connectivity index (χ2n) is 2.57. The van der Waals surface area contributed by atoms with Crippen LogP contribution in [0.4, 0.5) is 0 Å². The van der Waals surface area contributed by atoms with Gasteiger partial charge in [-0.2, -0.15) is 0 Å². The number of benzene rings is 1. The number of allylic oxidation sites excluding steroid dienone is 1. The van der Waals surface area contributed by atoms with Gasteiger partial charge in [0.25, 0.3) is 0 Å². The van der Waals surface area contributed by atoms with Crippen molar-refractivity contribution in [2.24, 2.45) is 0 Å². The first-order valence-electron chi connectivity index (χ1n) is 3.88. The SMILES string of the molecule is COc1ccc(/C=C/C(=O)Cl)cc1O. The lowest BCUT2D eigenvalue weighted by Gasteiger charge is -2.02. The number of rotatable bonds is 3. The minimum Gasteiger partial charge on any atom is -0.504 e. The van der Waals surface area contributed by atoms with E-state index in [-0.39, 0.29) is 5.75 Å². The molecule has 0 saturated carbocycles. The first-order chi connectivity index (χ1) is 6.63. The Morgan fingerprint density at radius 1 is 1.57 bits per heavy atom. The Kier molecular flexibility index (Phi) is 3.54. The summed E-state index contributed by atoms with van der Waals surface area (Å²) in [4.78, 5) is 10.4. The predicted octanol–water partition coefficient (Wildman–Crippen LogP) is 2.18. The molecule has 0 fully saturated rings. The molecule has 0 heterocycles. The van der Waals surface area contributed by atoms with Gasteiger partial charge in [-0.15, -0.1) is 0 Å². The van der Waals surface area contributed by atoms with Gasteiger partial charge in [-0.3, -0.25) is 4.79 Å². The predicted molar refractivity (Wildman–Crippen MR) is 54.6 cm³/mol. The number of hydrogen-bond donors (Lipinski definition) is 1. The zero-order valence-electron chi connectivity index (χ0n) is 7.53. The summed E-state index contributed by atoms with van der Waals surface area (Å²) in [6.07, 6.45) is 2.72. The highest BCUT2D eigenvalue weighted by Crippen LogP contribution is 2.26. The van der Waals surface area contributed by atoms with Crippen LogP contribution in [0.2, 0.25) is 0 Å². The van der Waals surface area contributed by atoms with Gasteiger partial charge in [-0.05, 0) is 35.4 Å². The normalized spacial score (nSPS) is 10.4. The molecule has 0 radical (unpaired) electrons. The van der Waals surface area contributed by atoms with Crippen molar-refractivity contribution in [3.63, 3.8) is 0 Å². The summed E-state index contributed by atoms with van der Waals surface area (Å²) in [5.74, 6) is 0.413. The van der Waals surface area contributed by atoms with Crippen LogP contribution in [-0.4, -0.2) is 17.5 Å². The average molecular weight is 213 g/mol. The van der Waals surface area contributed by atoms with E-state index in [0.717, 1.165) is 0 Å². The molecule has 1 N–H and O–H groups in total. The minimum absolute atomic E-state index is 0.0247. The van der Waals surface area contributed by atoms with Crippen LogP contribution in [0.15, 0.2) is 24.3 Å². The molecule has 1 rings (SSSR count). The molecule has 0 saturated heterocycles. The molecule has 0 bridgehead atoms. The van der Waals surface area contributed by atoms with Gasteiger partial charge in [0, 0.05) is 0 Å². The molecule has 0 amide bonds. The highest BCUT2D eigenvalue weighted by molar-refractivity contribution is 6.66. The molecule has 3 nitrogen and oxygen atoms in total. The molecule has 0 aliphatic rings. The van der Waals surface area contributed by atoms with Crippen LogP contribution in [0.25, 0.3) is 6.08 Å². The fraction of sp³-hybridized carbons (Fsp3) is 0.100. The number of phenolic OH excluding ortho intramolecular Hbond substituents is 1. The smallest absolute Gasteiger partial charge is 0.245 e. The third kappa shape index (κ3) is 2.78. The van der Waals surface area contributed by atoms with E-state index in [1.54, 1.807) is 12.1 Å².